The Labute approximate surface area is 87.7 Å². The third-order valence-electron chi connectivity index (χ3n) is 3.46. The van der Waals surface area contributed by atoms with Gasteiger partial charge in [0.2, 0.25) is 0 Å². The minimum Gasteiger partial charge on any atom is -0.365 e. The normalized spacial score (nSPS) is 22.9. The highest BCUT2D eigenvalue weighted by Gasteiger charge is 2.41. The Bertz CT molecular complexity index is 432. The van der Waals surface area contributed by atoms with E-state index in [9.17, 15) is 4.79 Å². The van der Waals surface area contributed by atoms with Gasteiger partial charge in [-0.15, -0.1) is 0 Å². The Hall–Kier alpha value is -1.13. The molecule has 4 heteroatoms. The second kappa shape index (κ2) is 3.18. The summed E-state index contributed by atoms with van der Waals surface area (Å²) in [6.07, 6.45) is 3.65. The van der Waals surface area contributed by atoms with Crippen LogP contribution in [0.1, 0.15) is 24.0 Å². The Morgan fingerprint density at radius 1 is 1.33 bits per heavy atom. The number of aromatic amines is 1. The van der Waals surface area contributed by atoms with Crippen LogP contribution >= 0.6 is 0 Å². The van der Waals surface area contributed by atoms with E-state index in [1.54, 1.807) is 6.20 Å². The molecule has 1 saturated heterocycles. The molecule has 2 aliphatic rings. The number of ether oxygens (including phenoxy) is 1. The zero-order chi connectivity index (χ0) is 10.3. The molecule has 80 valence electrons. The van der Waals surface area contributed by atoms with Gasteiger partial charge in [-0.1, -0.05) is 0 Å². The molecule has 2 N–H and O–H groups in total. The van der Waals surface area contributed by atoms with Crippen LogP contribution < -0.4 is 10.9 Å². The molecule has 0 atom stereocenters. The van der Waals surface area contributed by atoms with E-state index in [1.807, 2.05) is 6.07 Å². The summed E-state index contributed by atoms with van der Waals surface area (Å²) in [5, 5.41) is 3.32. The van der Waals surface area contributed by atoms with Crippen LogP contribution in [0.25, 0.3) is 0 Å². The van der Waals surface area contributed by atoms with Gasteiger partial charge in [0.05, 0.1) is 12.2 Å². The topological polar surface area (TPSA) is 54.1 Å². The number of rotatable bonds is 0. The first kappa shape index (κ1) is 9.12. The maximum Gasteiger partial charge on any atom is 0.253 e. The molecule has 1 fully saturated rings. The van der Waals surface area contributed by atoms with E-state index < -0.39 is 0 Å². The van der Waals surface area contributed by atoms with Gasteiger partial charge >= 0.3 is 0 Å². The molecule has 2 aliphatic heterocycles. The standard InChI is InChI=1S/C11H14N2O2/c14-10-8-7-15-11(2-5-12-6-3-11)9(8)1-4-13-10/h1,4,12H,2-3,5-7H2,(H,13,14). The van der Waals surface area contributed by atoms with Crippen molar-refractivity contribution >= 4 is 0 Å². The third kappa shape index (κ3) is 1.25. The van der Waals surface area contributed by atoms with E-state index >= 15 is 0 Å². The van der Waals surface area contributed by atoms with Crippen LogP contribution in [-0.4, -0.2) is 18.1 Å². The van der Waals surface area contributed by atoms with Crippen molar-refractivity contribution in [3.8, 4) is 0 Å². The summed E-state index contributed by atoms with van der Waals surface area (Å²) in [4.78, 5) is 14.3. The molecule has 0 aliphatic carbocycles. The monoisotopic (exact) mass is 206 g/mol. The number of nitrogens with one attached hydrogen (secondary N) is 2. The number of hydrogen-bond acceptors (Lipinski definition) is 3. The summed E-state index contributed by atoms with van der Waals surface area (Å²) >= 11 is 0. The minimum atomic E-state index is -0.186. The van der Waals surface area contributed by atoms with E-state index in [2.05, 4.69) is 10.3 Å². The highest BCUT2D eigenvalue weighted by Crippen LogP contribution is 2.41. The molecule has 1 aromatic heterocycles. The average molecular weight is 206 g/mol. The molecule has 0 radical (unpaired) electrons. The smallest absolute Gasteiger partial charge is 0.253 e. The minimum absolute atomic E-state index is 0.00269. The Morgan fingerprint density at radius 3 is 2.93 bits per heavy atom. The van der Waals surface area contributed by atoms with Gasteiger partial charge in [0.1, 0.15) is 0 Å². The van der Waals surface area contributed by atoms with E-state index in [0.717, 1.165) is 37.1 Å². The average Bonchev–Trinajstić information content (AvgIpc) is 2.61. The van der Waals surface area contributed by atoms with E-state index in [1.165, 1.54) is 0 Å². The summed E-state index contributed by atoms with van der Waals surface area (Å²) in [7, 11) is 0. The first-order chi connectivity index (χ1) is 7.32. The third-order valence-corrected chi connectivity index (χ3v) is 3.46. The van der Waals surface area contributed by atoms with Crippen LogP contribution in [0.4, 0.5) is 0 Å². The second-order valence-electron chi connectivity index (χ2n) is 4.23. The first-order valence-electron chi connectivity index (χ1n) is 5.38. The van der Waals surface area contributed by atoms with Crippen molar-refractivity contribution in [2.45, 2.75) is 25.0 Å². The van der Waals surface area contributed by atoms with E-state index in [0.29, 0.717) is 6.61 Å². The number of fused-ring (bicyclic) bond motifs is 2. The van der Waals surface area contributed by atoms with Gasteiger partial charge in [0, 0.05) is 11.8 Å². The highest BCUT2D eigenvalue weighted by atomic mass is 16.5. The Kier molecular flexibility index (Phi) is 1.94. The van der Waals surface area contributed by atoms with Crippen molar-refractivity contribution in [1.82, 2.24) is 10.3 Å². The van der Waals surface area contributed by atoms with Crippen molar-refractivity contribution < 1.29 is 4.74 Å². The first-order valence-corrected chi connectivity index (χ1v) is 5.38. The van der Waals surface area contributed by atoms with Crippen LogP contribution in [0, 0.1) is 0 Å². The molecule has 0 unspecified atom stereocenters. The maximum atomic E-state index is 11.6. The lowest BCUT2D eigenvalue weighted by Crippen LogP contribution is -2.39. The molecule has 4 nitrogen and oxygen atoms in total. The summed E-state index contributed by atoms with van der Waals surface area (Å²) in [6.45, 7) is 2.39. The summed E-state index contributed by atoms with van der Waals surface area (Å²) in [6, 6.07) is 2.00. The Balaban J connectivity index is 2.10. The number of pyridine rings is 1. The molecule has 15 heavy (non-hydrogen) atoms. The van der Waals surface area contributed by atoms with Crippen molar-refractivity contribution in [3.05, 3.63) is 33.7 Å². The van der Waals surface area contributed by atoms with E-state index in [-0.39, 0.29) is 11.2 Å². The molecule has 1 spiro atoms. The molecular formula is C11H14N2O2. The SMILES string of the molecule is O=c1[nH]ccc2c1COC21CCNCC1. The number of piperidine rings is 1. The fraction of sp³-hybridized carbons (Fsp3) is 0.545. The van der Waals surface area contributed by atoms with Crippen LogP contribution in [0.2, 0.25) is 0 Å². The molecule has 1 aromatic rings. The maximum absolute atomic E-state index is 11.6. The second-order valence-corrected chi connectivity index (χ2v) is 4.23. The highest BCUT2D eigenvalue weighted by molar-refractivity contribution is 5.33. The summed E-state index contributed by atoms with van der Waals surface area (Å²) in [5.41, 5.74) is 1.74. The van der Waals surface area contributed by atoms with E-state index in [4.69, 9.17) is 4.74 Å². The summed E-state index contributed by atoms with van der Waals surface area (Å²) in [5.74, 6) is 0. The quantitative estimate of drug-likeness (QED) is 0.649. The van der Waals surface area contributed by atoms with Gasteiger partial charge in [-0.3, -0.25) is 4.79 Å². The number of H-pyrrole nitrogens is 1. The van der Waals surface area contributed by atoms with Crippen LogP contribution in [-0.2, 0) is 16.9 Å². The molecule has 0 saturated carbocycles. The zero-order valence-corrected chi connectivity index (χ0v) is 8.51. The Morgan fingerprint density at radius 2 is 2.13 bits per heavy atom. The molecule has 0 bridgehead atoms. The predicted molar refractivity (Wildman–Crippen MR) is 55.6 cm³/mol. The molecule has 0 aromatic carbocycles. The lowest BCUT2D eigenvalue weighted by atomic mass is 9.85. The van der Waals surface area contributed by atoms with Crippen LogP contribution in [0.3, 0.4) is 0 Å². The van der Waals surface area contributed by atoms with Gasteiger partial charge in [-0.25, -0.2) is 0 Å². The van der Waals surface area contributed by atoms with Gasteiger partial charge in [-0.2, -0.15) is 0 Å². The van der Waals surface area contributed by atoms with Crippen LogP contribution in [0.5, 0.6) is 0 Å². The molecular weight excluding hydrogens is 192 g/mol. The number of aromatic nitrogens is 1. The van der Waals surface area contributed by atoms with Crippen LogP contribution in [0.15, 0.2) is 17.1 Å². The van der Waals surface area contributed by atoms with Crippen molar-refractivity contribution in [2.24, 2.45) is 0 Å². The fourth-order valence-electron chi connectivity index (χ4n) is 2.61. The number of hydrogen-bond donors (Lipinski definition) is 2. The largest absolute Gasteiger partial charge is 0.365 e. The van der Waals surface area contributed by atoms with Gasteiger partial charge < -0.3 is 15.0 Å². The van der Waals surface area contributed by atoms with Crippen molar-refractivity contribution in [1.29, 1.82) is 0 Å². The fourth-order valence-corrected chi connectivity index (χ4v) is 2.61. The lowest BCUT2D eigenvalue weighted by Gasteiger charge is -2.33. The van der Waals surface area contributed by atoms with Crippen molar-refractivity contribution in [3.63, 3.8) is 0 Å². The lowest BCUT2D eigenvalue weighted by molar-refractivity contribution is -0.0590. The van der Waals surface area contributed by atoms with Gasteiger partial charge in [0.15, 0.2) is 0 Å². The van der Waals surface area contributed by atoms with Gasteiger partial charge in [-0.05, 0) is 37.6 Å². The molecule has 3 heterocycles. The van der Waals surface area contributed by atoms with Gasteiger partial charge in [0.25, 0.3) is 5.56 Å². The molecule has 0 amide bonds. The van der Waals surface area contributed by atoms with Crippen molar-refractivity contribution in [2.75, 3.05) is 13.1 Å². The predicted octanol–water partition coefficient (Wildman–Crippen LogP) is 0.484. The summed E-state index contributed by atoms with van der Waals surface area (Å²) < 4.78 is 5.87. The zero-order valence-electron chi connectivity index (χ0n) is 8.51. The molecule has 3 rings (SSSR count).